The standard InChI is InChI=1S/C20H15F3N8O7S2.Cu/c1-7(32)9-5-6-10-11(16(34)31(15(10)33)18-27-24-8(2)39-18)12(9)25-26-13-14(28-40(37,38)20(21,22)23)29(3)19(36)30(4)17(13)35;/h5-6,35H,1-4H3;/q;+2/p-1. The molecule has 0 saturated carbocycles. The third kappa shape index (κ3) is 5.23. The second-order valence-corrected chi connectivity index (χ2v) is 10.8. The summed E-state index contributed by atoms with van der Waals surface area (Å²) in [5.41, 5.74) is -11.1. The van der Waals surface area contributed by atoms with Crippen LogP contribution in [0.15, 0.2) is 31.6 Å². The van der Waals surface area contributed by atoms with Crippen LogP contribution in [-0.2, 0) is 41.2 Å². The van der Waals surface area contributed by atoms with E-state index in [9.17, 15) is 45.9 Å². The summed E-state index contributed by atoms with van der Waals surface area (Å²) >= 11 is 0.909. The van der Waals surface area contributed by atoms with Gasteiger partial charge in [0, 0.05) is 19.7 Å². The summed E-state index contributed by atoms with van der Waals surface area (Å²) in [6.07, 6.45) is 0. The number of alkyl halides is 3. The van der Waals surface area contributed by atoms with Crippen LogP contribution in [-0.4, -0.2) is 50.9 Å². The number of imide groups is 1. The predicted octanol–water partition coefficient (Wildman–Crippen LogP) is 1.12. The Balaban J connectivity index is 0.00000462. The molecule has 2 amide bonds. The van der Waals surface area contributed by atoms with E-state index in [1.807, 2.05) is 0 Å². The van der Waals surface area contributed by atoms with Crippen molar-refractivity contribution in [3.63, 3.8) is 0 Å². The fourth-order valence-electron chi connectivity index (χ4n) is 3.52. The van der Waals surface area contributed by atoms with Gasteiger partial charge in [-0.05, 0) is 31.9 Å². The Bertz CT molecular complexity index is 1910. The first-order chi connectivity index (χ1) is 18.5. The molecule has 15 nitrogen and oxygen atoms in total. The molecular formula is C20H14CuF3N8O7S2+. The Morgan fingerprint density at radius 3 is 2.17 bits per heavy atom. The molecule has 21 heteroatoms. The van der Waals surface area contributed by atoms with Gasteiger partial charge in [-0.15, -0.1) is 24.8 Å². The number of hydrogen-bond donors (Lipinski definition) is 0. The van der Waals surface area contributed by atoms with Gasteiger partial charge in [-0.25, -0.2) is 9.69 Å². The molecule has 1 radical (unpaired) electrons. The van der Waals surface area contributed by atoms with Gasteiger partial charge < -0.3 is 9.67 Å². The van der Waals surface area contributed by atoms with Gasteiger partial charge in [-0.2, -0.15) is 21.6 Å². The number of aryl methyl sites for hydroxylation is 1. The number of sulfonamides is 1. The number of benzene rings is 1. The van der Waals surface area contributed by atoms with Crippen molar-refractivity contribution < 1.29 is 58.1 Å². The number of rotatable bonds is 5. The zero-order valence-corrected chi connectivity index (χ0v) is 23.4. The van der Waals surface area contributed by atoms with Crippen molar-refractivity contribution in [3.8, 4) is 5.88 Å². The number of azo groups is 1. The molecule has 4 rings (SSSR count). The molecule has 0 N–H and O–H groups in total. The average molecular weight is 663 g/mol. The van der Waals surface area contributed by atoms with Crippen LogP contribution in [0.1, 0.15) is 43.0 Å². The Kier molecular flexibility index (Phi) is 8.23. The van der Waals surface area contributed by atoms with Crippen molar-refractivity contribution >= 4 is 55.5 Å². The maximum atomic E-state index is 13.3. The van der Waals surface area contributed by atoms with Crippen LogP contribution in [0.5, 0.6) is 5.88 Å². The summed E-state index contributed by atoms with van der Waals surface area (Å²) in [7, 11) is -4.51. The first-order valence-electron chi connectivity index (χ1n) is 10.6. The van der Waals surface area contributed by atoms with Gasteiger partial charge in [-0.3, -0.25) is 19.0 Å². The van der Waals surface area contributed by atoms with Gasteiger partial charge in [0.15, 0.2) is 11.3 Å². The van der Waals surface area contributed by atoms with Crippen LogP contribution in [0, 0.1) is 6.92 Å². The second-order valence-electron chi connectivity index (χ2n) is 8.08. The van der Waals surface area contributed by atoms with Crippen molar-refractivity contribution in [1.82, 2.24) is 19.3 Å². The van der Waals surface area contributed by atoms with E-state index in [2.05, 4.69) is 24.8 Å². The Morgan fingerprint density at radius 2 is 1.63 bits per heavy atom. The minimum atomic E-state index is -6.26. The van der Waals surface area contributed by atoms with Gasteiger partial charge in [0.25, 0.3) is 11.8 Å². The van der Waals surface area contributed by atoms with Gasteiger partial charge in [0.1, 0.15) is 16.4 Å². The first-order valence-corrected chi connectivity index (χ1v) is 12.9. The zero-order chi connectivity index (χ0) is 29.9. The van der Waals surface area contributed by atoms with Gasteiger partial charge in [0.2, 0.25) is 5.13 Å². The van der Waals surface area contributed by atoms with Gasteiger partial charge in [0.05, 0.1) is 11.1 Å². The van der Waals surface area contributed by atoms with Crippen LogP contribution in [0.25, 0.3) is 0 Å². The number of fused-ring (bicyclic) bond motifs is 1. The molecule has 0 saturated heterocycles. The molecule has 41 heavy (non-hydrogen) atoms. The maximum absolute atomic E-state index is 13.3. The number of aromatic nitrogens is 4. The van der Waals surface area contributed by atoms with Crippen molar-refractivity contribution in [1.29, 1.82) is 0 Å². The van der Waals surface area contributed by atoms with Crippen LogP contribution in [0.3, 0.4) is 0 Å². The molecular weight excluding hydrogens is 649 g/mol. The van der Waals surface area contributed by atoms with Gasteiger partial charge in [-0.1, -0.05) is 11.3 Å². The van der Waals surface area contributed by atoms with E-state index < -0.39 is 67.1 Å². The van der Waals surface area contributed by atoms with E-state index in [4.69, 9.17) is 0 Å². The second kappa shape index (κ2) is 10.7. The molecule has 219 valence electrons. The molecule has 1 aromatic carbocycles. The van der Waals surface area contributed by atoms with Crippen LogP contribution >= 0.6 is 11.3 Å². The van der Waals surface area contributed by atoms with Crippen molar-refractivity contribution in [2.75, 3.05) is 4.90 Å². The maximum Gasteiger partial charge on any atom is 2.00 e. The van der Waals surface area contributed by atoms with Crippen LogP contribution in [0.4, 0.5) is 29.7 Å². The summed E-state index contributed by atoms with van der Waals surface area (Å²) in [5.74, 6) is -3.92. The number of anilines is 1. The first kappa shape index (κ1) is 31.5. The predicted molar refractivity (Wildman–Crippen MR) is 127 cm³/mol. The normalized spacial score (nSPS) is 14.1. The Morgan fingerprint density at radius 1 is 1.02 bits per heavy atom. The molecule has 3 aromatic rings. The van der Waals surface area contributed by atoms with Crippen molar-refractivity contribution in [3.05, 3.63) is 49.8 Å². The molecule has 0 fully saturated rings. The Labute approximate surface area is 241 Å². The molecule has 1 aliphatic rings. The van der Waals surface area contributed by atoms with E-state index in [0.29, 0.717) is 19.0 Å². The number of carbonyl (C=O) groups excluding carboxylic acids is 3. The minimum Gasteiger partial charge on any atom is -0.858 e. The van der Waals surface area contributed by atoms with E-state index >= 15 is 0 Å². The molecule has 0 atom stereocenters. The molecule has 0 unspecified atom stereocenters. The van der Waals surface area contributed by atoms with Crippen molar-refractivity contribution in [2.45, 2.75) is 19.4 Å². The largest absolute Gasteiger partial charge is 2.00 e. The Hall–Kier alpha value is -4.07. The monoisotopic (exact) mass is 662 g/mol. The van der Waals surface area contributed by atoms with Gasteiger partial charge >= 0.3 is 38.3 Å². The molecule has 0 spiro atoms. The SMILES string of the molecule is CC(=O)c1ccc2c(c1N=Nc1c([O-])n(C)c(=O)n(C)c1=NS(=O)(=O)C(F)(F)F)C(=O)N(c1nnc(C)s1)C2=O.[Cu+2]. The van der Waals surface area contributed by atoms with E-state index in [1.54, 1.807) is 6.92 Å². The van der Waals surface area contributed by atoms with Crippen LogP contribution in [0.2, 0.25) is 0 Å². The summed E-state index contributed by atoms with van der Waals surface area (Å²) < 4.78 is 65.8. The quantitative estimate of drug-likeness (QED) is 0.166. The summed E-state index contributed by atoms with van der Waals surface area (Å²) in [6.45, 7) is 2.65. The zero-order valence-electron chi connectivity index (χ0n) is 20.8. The van der Waals surface area contributed by atoms with E-state index in [0.717, 1.165) is 38.4 Å². The molecule has 0 aliphatic carbocycles. The smallest absolute Gasteiger partial charge is 0.858 e. The number of Topliss-reactive ketones (excluding diaryl/α,β-unsaturated/α-hetero) is 1. The van der Waals surface area contributed by atoms with Crippen LogP contribution < -0.4 is 21.2 Å². The number of amides is 2. The van der Waals surface area contributed by atoms with Crippen molar-refractivity contribution in [2.24, 2.45) is 28.7 Å². The molecule has 0 bridgehead atoms. The third-order valence-corrected chi connectivity index (χ3v) is 7.30. The number of carbonyl (C=O) groups is 3. The van der Waals surface area contributed by atoms with E-state index in [-0.39, 0.29) is 33.3 Å². The molecule has 2 aromatic heterocycles. The summed E-state index contributed by atoms with van der Waals surface area (Å²) in [4.78, 5) is 51.6. The molecule has 3 heterocycles. The third-order valence-electron chi connectivity index (χ3n) is 5.47. The fourth-order valence-corrected chi connectivity index (χ4v) is 4.75. The minimum absolute atomic E-state index is 0. The summed E-state index contributed by atoms with van der Waals surface area (Å²) in [5, 5.41) is 27.9. The molecule has 1 aliphatic heterocycles. The average Bonchev–Trinajstić information content (AvgIpc) is 3.39. The topological polar surface area (TPSA) is 201 Å². The number of hydrogen-bond acceptors (Lipinski definition) is 12. The summed E-state index contributed by atoms with van der Waals surface area (Å²) in [6, 6.07) is 2.30. The van der Waals surface area contributed by atoms with E-state index in [1.165, 1.54) is 6.07 Å². The number of nitrogens with zero attached hydrogens (tertiary/aromatic N) is 8. The number of halogens is 3. The number of ketones is 1. The fraction of sp³-hybridized carbons (Fsp3) is 0.250.